The van der Waals surface area contributed by atoms with Crippen LogP contribution in [0, 0.1) is 11.8 Å². The normalized spacial score (nSPS) is 25.4. The Hall–Kier alpha value is -1.38. The molecule has 2 atom stereocenters. The van der Waals surface area contributed by atoms with Gasteiger partial charge in [-0.05, 0) is 30.9 Å². The highest BCUT2D eigenvalue weighted by Gasteiger charge is 2.31. The number of carbonyl (C=O) groups excluding carboxylic acids is 1. The molecular weight excluding hydrogens is 188 g/mol. The van der Waals surface area contributed by atoms with Crippen molar-refractivity contribution in [3.05, 3.63) is 23.9 Å². The second-order valence-electron chi connectivity index (χ2n) is 4.32. The second-order valence-corrected chi connectivity index (χ2v) is 4.32. The van der Waals surface area contributed by atoms with Crippen LogP contribution >= 0.6 is 0 Å². The van der Waals surface area contributed by atoms with Crippen molar-refractivity contribution in [1.29, 1.82) is 0 Å². The van der Waals surface area contributed by atoms with Gasteiger partial charge < -0.3 is 5.73 Å². The summed E-state index contributed by atoms with van der Waals surface area (Å²) in [7, 11) is 0. The van der Waals surface area contributed by atoms with E-state index in [-0.39, 0.29) is 11.7 Å². The number of hydrogen-bond acceptors (Lipinski definition) is 3. The molecule has 0 aliphatic heterocycles. The first-order valence-corrected chi connectivity index (χ1v) is 5.45. The zero-order valence-electron chi connectivity index (χ0n) is 8.94. The highest BCUT2D eigenvalue weighted by Crippen LogP contribution is 2.34. The molecule has 0 saturated heterocycles. The predicted molar refractivity (Wildman–Crippen MR) is 59.5 cm³/mol. The average Bonchev–Trinajstić information content (AvgIpc) is 2.64. The van der Waals surface area contributed by atoms with Gasteiger partial charge in [0.2, 0.25) is 0 Å². The van der Waals surface area contributed by atoms with Gasteiger partial charge in [-0.2, -0.15) is 0 Å². The highest BCUT2D eigenvalue weighted by atomic mass is 16.1. The largest absolute Gasteiger partial charge is 0.383 e. The molecule has 1 heterocycles. The van der Waals surface area contributed by atoms with E-state index in [9.17, 15) is 4.79 Å². The molecule has 1 aromatic heterocycles. The van der Waals surface area contributed by atoms with Crippen molar-refractivity contribution < 1.29 is 4.79 Å². The van der Waals surface area contributed by atoms with Crippen molar-refractivity contribution in [3.63, 3.8) is 0 Å². The maximum absolute atomic E-state index is 12.2. The number of aromatic nitrogens is 1. The summed E-state index contributed by atoms with van der Waals surface area (Å²) in [5.41, 5.74) is 6.30. The Morgan fingerprint density at radius 1 is 1.53 bits per heavy atom. The van der Waals surface area contributed by atoms with Gasteiger partial charge in [0, 0.05) is 12.1 Å². The number of ketones is 1. The van der Waals surface area contributed by atoms with Crippen molar-refractivity contribution in [1.82, 2.24) is 4.98 Å². The van der Waals surface area contributed by atoms with Crippen LogP contribution in [0.25, 0.3) is 0 Å². The zero-order chi connectivity index (χ0) is 10.8. The minimum atomic E-state index is 0.150. The first-order chi connectivity index (χ1) is 7.20. The molecule has 1 aromatic rings. The van der Waals surface area contributed by atoms with Crippen molar-refractivity contribution in [2.24, 2.45) is 11.8 Å². The van der Waals surface area contributed by atoms with E-state index >= 15 is 0 Å². The lowest BCUT2D eigenvalue weighted by Gasteiger charge is -2.14. The number of anilines is 1. The van der Waals surface area contributed by atoms with E-state index in [0.717, 1.165) is 19.3 Å². The molecule has 0 bridgehead atoms. The Morgan fingerprint density at radius 2 is 2.33 bits per heavy atom. The maximum Gasteiger partial charge on any atom is 0.169 e. The fourth-order valence-electron chi connectivity index (χ4n) is 2.36. The van der Waals surface area contributed by atoms with Crippen LogP contribution < -0.4 is 5.73 Å². The molecular formula is C12H16N2O. The molecule has 1 aliphatic rings. The van der Waals surface area contributed by atoms with Gasteiger partial charge >= 0.3 is 0 Å². The molecule has 1 fully saturated rings. The van der Waals surface area contributed by atoms with E-state index < -0.39 is 0 Å². The van der Waals surface area contributed by atoms with Crippen LogP contribution in [0.15, 0.2) is 18.3 Å². The third-order valence-corrected chi connectivity index (χ3v) is 3.30. The number of nitrogens with two attached hydrogens (primary N) is 1. The molecule has 2 N–H and O–H groups in total. The van der Waals surface area contributed by atoms with Gasteiger partial charge in [-0.15, -0.1) is 0 Å². The topological polar surface area (TPSA) is 56.0 Å². The number of nitrogen functional groups attached to an aromatic ring is 1. The summed E-state index contributed by atoms with van der Waals surface area (Å²) in [6, 6.07) is 3.54. The minimum absolute atomic E-state index is 0.150. The summed E-state index contributed by atoms with van der Waals surface area (Å²) in [5.74, 6) is 1.17. The number of rotatable bonds is 2. The molecule has 1 aliphatic carbocycles. The van der Waals surface area contributed by atoms with Gasteiger partial charge in [-0.25, -0.2) is 4.98 Å². The smallest absolute Gasteiger partial charge is 0.169 e. The van der Waals surface area contributed by atoms with Crippen molar-refractivity contribution in [2.45, 2.75) is 26.2 Å². The van der Waals surface area contributed by atoms with E-state index in [1.807, 2.05) is 0 Å². The first-order valence-electron chi connectivity index (χ1n) is 5.45. The number of pyridine rings is 1. The fourth-order valence-corrected chi connectivity index (χ4v) is 2.36. The van der Waals surface area contributed by atoms with Crippen molar-refractivity contribution in [3.8, 4) is 0 Å². The average molecular weight is 204 g/mol. The van der Waals surface area contributed by atoms with Crippen LogP contribution in [-0.4, -0.2) is 10.8 Å². The number of carbonyl (C=O) groups is 1. The second kappa shape index (κ2) is 4.01. The van der Waals surface area contributed by atoms with Gasteiger partial charge in [0.25, 0.3) is 0 Å². The van der Waals surface area contributed by atoms with Crippen LogP contribution in [0.5, 0.6) is 0 Å². The first kappa shape index (κ1) is 10.1. The lowest BCUT2D eigenvalue weighted by atomic mass is 9.90. The third-order valence-electron chi connectivity index (χ3n) is 3.30. The molecule has 1 saturated carbocycles. The lowest BCUT2D eigenvalue weighted by molar-refractivity contribution is 0.0898. The quantitative estimate of drug-likeness (QED) is 0.752. The Bertz CT molecular complexity index is 376. The van der Waals surface area contributed by atoms with Gasteiger partial charge in [0.1, 0.15) is 5.82 Å². The summed E-state index contributed by atoms with van der Waals surface area (Å²) in [4.78, 5) is 16.1. The predicted octanol–water partition coefficient (Wildman–Crippen LogP) is 2.28. The summed E-state index contributed by atoms with van der Waals surface area (Å²) in [5, 5.41) is 0. The van der Waals surface area contributed by atoms with E-state index in [2.05, 4.69) is 11.9 Å². The number of Topliss-reactive ketones (excluding diaryl/α,β-unsaturated/α-hetero) is 1. The van der Waals surface area contributed by atoms with Crippen LogP contribution in [0.3, 0.4) is 0 Å². The molecule has 2 unspecified atom stereocenters. The standard InChI is InChI=1S/C12H16N2O/c1-8-4-2-5-9(8)11(15)10-6-3-7-14-12(10)13/h3,6-9H,2,4-5H2,1H3,(H2,13,14). The molecule has 0 amide bonds. The lowest BCUT2D eigenvalue weighted by Crippen LogP contribution is -2.18. The minimum Gasteiger partial charge on any atom is -0.383 e. The van der Waals surface area contributed by atoms with Crippen molar-refractivity contribution >= 4 is 11.6 Å². The molecule has 2 rings (SSSR count). The van der Waals surface area contributed by atoms with E-state index in [0.29, 0.717) is 17.3 Å². The van der Waals surface area contributed by atoms with Crippen LogP contribution in [0.4, 0.5) is 5.82 Å². The van der Waals surface area contributed by atoms with Gasteiger partial charge in [0.05, 0.1) is 5.56 Å². The number of nitrogens with zero attached hydrogens (tertiary/aromatic N) is 1. The maximum atomic E-state index is 12.2. The SMILES string of the molecule is CC1CCCC1C(=O)c1cccnc1N. The molecule has 3 heteroatoms. The Kier molecular flexibility index (Phi) is 2.71. The monoisotopic (exact) mass is 204 g/mol. The summed E-state index contributed by atoms with van der Waals surface area (Å²) in [6.45, 7) is 2.14. The van der Waals surface area contributed by atoms with E-state index in [1.165, 1.54) is 0 Å². The van der Waals surface area contributed by atoms with Gasteiger partial charge in [-0.3, -0.25) is 4.79 Å². The van der Waals surface area contributed by atoms with E-state index in [1.54, 1.807) is 18.3 Å². The molecule has 15 heavy (non-hydrogen) atoms. The van der Waals surface area contributed by atoms with E-state index in [4.69, 9.17) is 5.73 Å². The summed E-state index contributed by atoms with van der Waals surface area (Å²) in [6.07, 6.45) is 4.91. The van der Waals surface area contributed by atoms with Crippen LogP contribution in [0.2, 0.25) is 0 Å². The fraction of sp³-hybridized carbons (Fsp3) is 0.500. The molecule has 0 spiro atoms. The summed E-state index contributed by atoms with van der Waals surface area (Å²) < 4.78 is 0. The van der Waals surface area contributed by atoms with Gasteiger partial charge in [0.15, 0.2) is 5.78 Å². The van der Waals surface area contributed by atoms with Gasteiger partial charge in [-0.1, -0.05) is 13.3 Å². The van der Waals surface area contributed by atoms with Crippen molar-refractivity contribution in [2.75, 3.05) is 5.73 Å². The highest BCUT2D eigenvalue weighted by molar-refractivity contribution is 6.01. The van der Waals surface area contributed by atoms with Crippen LogP contribution in [-0.2, 0) is 0 Å². The Balaban J connectivity index is 2.24. The molecule has 80 valence electrons. The summed E-state index contributed by atoms with van der Waals surface area (Å²) >= 11 is 0. The zero-order valence-corrected chi connectivity index (χ0v) is 8.94. The Morgan fingerprint density at radius 3 is 2.93 bits per heavy atom. The Labute approximate surface area is 89.7 Å². The third kappa shape index (κ3) is 1.87. The molecule has 3 nitrogen and oxygen atoms in total. The molecule has 0 aromatic carbocycles. The van der Waals surface area contributed by atoms with Crippen LogP contribution in [0.1, 0.15) is 36.5 Å². The molecule has 0 radical (unpaired) electrons. The number of hydrogen-bond donors (Lipinski definition) is 1.